The zero-order valence-corrected chi connectivity index (χ0v) is 20.7. The molecular formula is C26H44N6O. The predicted octanol–water partition coefficient (Wildman–Crippen LogP) is 4.30. The van der Waals surface area contributed by atoms with Crippen LogP contribution in [0.5, 0.6) is 0 Å². The third kappa shape index (κ3) is 7.05. The van der Waals surface area contributed by atoms with Crippen LogP contribution in [0.15, 0.2) is 12.3 Å². The van der Waals surface area contributed by atoms with E-state index >= 15 is 0 Å². The van der Waals surface area contributed by atoms with E-state index in [4.69, 9.17) is 4.98 Å². The van der Waals surface area contributed by atoms with E-state index in [2.05, 4.69) is 38.0 Å². The Bertz CT molecular complexity index is 735. The highest BCUT2D eigenvalue weighted by atomic mass is 16.2. The number of piperidine rings is 2. The number of carbonyl (C=O) groups excluding carboxylic acids is 1. The van der Waals surface area contributed by atoms with Gasteiger partial charge in [0.05, 0.1) is 0 Å². The average Bonchev–Trinajstić information content (AvgIpc) is 3.14. The van der Waals surface area contributed by atoms with E-state index in [-0.39, 0.29) is 0 Å². The van der Waals surface area contributed by atoms with Crippen LogP contribution >= 0.6 is 0 Å². The lowest BCUT2D eigenvalue weighted by Gasteiger charge is -2.43. The van der Waals surface area contributed by atoms with Crippen LogP contribution < -0.4 is 10.2 Å². The molecule has 2 unspecified atom stereocenters. The van der Waals surface area contributed by atoms with E-state index in [1.165, 1.54) is 44.9 Å². The summed E-state index contributed by atoms with van der Waals surface area (Å²) in [5.74, 6) is 2.19. The smallest absolute Gasteiger partial charge is 0.224 e. The maximum Gasteiger partial charge on any atom is 0.224 e. The molecule has 3 aliphatic heterocycles. The lowest BCUT2D eigenvalue weighted by molar-refractivity contribution is -0.133. The number of likely N-dealkylation sites (tertiary alicyclic amines) is 2. The number of anilines is 2. The van der Waals surface area contributed by atoms with Crippen LogP contribution in [0.4, 0.5) is 11.8 Å². The number of rotatable bonds is 8. The Hall–Kier alpha value is -1.89. The van der Waals surface area contributed by atoms with Gasteiger partial charge in [0.15, 0.2) is 0 Å². The van der Waals surface area contributed by atoms with Crippen LogP contribution in [-0.2, 0) is 4.79 Å². The topological polar surface area (TPSA) is 64.6 Å². The number of unbranched alkanes of at least 4 members (excludes halogenated alkanes) is 2. The van der Waals surface area contributed by atoms with Gasteiger partial charge < -0.3 is 15.1 Å². The molecule has 1 N–H and O–H groups in total. The SMILES string of the molecule is CCCCCC(=O)N1CCCC(N2CCCC(Nc3nccc(N4CCCCCC4)n3)C2)C1. The molecule has 2 atom stereocenters. The average molecular weight is 457 g/mol. The van der Waals surface area contributed by atoms with Gasteiger partial charge in [0.2, 0.25) is 11.9 Å². The van der Waals surface area contributed by atoms with Crippen LogP contribution in [0.25, 0.3) is 0 Å². The fraction of sp³-hybridized carbons (Fsp3) is 0.808. The fourth-order valence-electron chi connectivity index (χ4n) is 5.70. The molecule has 3 fully saturated rings. The van der Waals surface area contributed by atoms with Crippen LogP contribution in [0.2, 0.25) is 0 Å². The zero-order chi connectivity index (χ0) is 22.9. The Labute approximate surface area is 200 Å². The molecule has 0 aromatic carbocycles. The summed E-state index contributed by atoms with van der Waals surface area (Å²) in [6.45, 7) is 8.38. The lowest BCUT2D eigenvalue weighted by Crippen LogP contribution is -2.54. The van der Waals surface area contributed by atoms with Crippen LogP contribution in [0.3, 0.4) is 0 Å². The molecule has 7 nitrogen and oxygen atoms in total. The third-order valence-corrected chi connectivity index (χ3v) is 7.62. The monoisotopic (exact) mass is 456 g/mol. The Balaban J connectivity index is 1.30. The minimum absolute atomic E-state index is 0.360. The van der Waals surface area contributed by atoms with Gasteiger partial charge in [-0.05, 0) is 57.6 Å². The molecule has 4 heterocycles. The minimum atomic E-state index is 0.360. The Kier molecular flexibility index (Phi) is 9.21. The predicted molar refractivity (Wildman–Crippen MR) is 135 cm³/mol. The summed E-state index contributed by atoms with van der Waals surface area (Å²) in [6, 6.07) is 2.91. The van der Waals surface area contributed by atoms with Crippen LogP contribution in [-0.4, -0.2) is 77.0 Å². The van der Waals surface area contributed by atoms with Gasteiger partial charge in [-0.3, -0.25) is 9.69 Å². The number of carbonyl (C=O) groups is 1. The van der Waals surface area contributed by atoms with Crippen molar-refractivity contribution in [2.75, 3.05) is 49.5 Å². The minimum Gasteiger partial charge on any atom is -0.356 e. The highest BCUT2D eigenvalue weighted by Crippen LogP contribution is 2.23. The Morgan fingerprint density at radius 3 is 2.64 bits per heavy atom. The maximum atomic E-state index is 12.7. The summed E-state index contributed by atoms with van der Waals surface area (Å²) >= 11 is 0. The maximum absolute atomic E-state index is 12.7. The highest BCUT2D eigenvalue weighted by Gasteiger charge is 2.31. The highest BCUT2D eigenvalue weighted by molar-refractivity contribution is 5.76. The molecule has 1 aromatic rings. The first-order valence-corrected chi connectivity index (χ1v) is 13.6. The Morgan fingerprint density at radius 1 is 1.00 bits per heavy atom. The number of amides is 1. The zero-order valence-electron chi connectivity index (χ0n) is 20.7. The summed E-state index contributed by atoms with van der Waals surface area (Å²) in [7, 11) is 0. The Morgan fingerprint density at radius 2 is 1.82 bits per heavy atom. The van der Waals surface area contributed by atoms with E-state index in [9.17, 15) is 4.79 Å². The molecule has 1 aromatic heterocycles. The normalized spacial score (nSPS) is 25.0. The second-order valence-electron chi connectivity index (χ2n) is 10.2. The van der Waals surface area contributed by atoms with Gasteiger partial charge in [0.25, 0.3) is 0 Å². The summed E-state index contributed by atoms with van der Waals surface area (Å²) < 4.78 is 0. The number of nitrogens with one attached hydrogen (secondary N) is 1. The van der Waals surface area contributed by atoms with Crippen molar-refractivity contribution in [1.82, 2.24) is 19.8 Å². The van der Waals surface area contributed by atoms with E-state index in [0.29, 0.717) is 18.0 Å². The molecule has 4 rings (SSSR count). The first-order valence-electron chi connectivity index (χ1n) is 13.6. The molecule has 1 amide bonds. The van der Waals surface area contributed by atoms with Crippen LogP contribution in [0, 0.1) is 0 Å². The number of nitrogens with zero attached hydrogens (tertiary/aromatic N) is 5. The molecule has 0 aliphatic carbocycles. The largest absolute Gasteiger partial charge is 0.356 e. The number of hydrogen-bond acceptors (Lipinski definition) is 6. The van der Waals surface area contributed by atoms with E-state index in [0.717, 1.165) is 83.1 Å². The van der Waals surface area contributed by atoms with E-state index in [1.54, 1.807) is 0 Å². The second-order valence-corrected chi connectivity index (χ2v) is 10.2. The summed E-state index contributed by atoms with van der Waals surface area (Å²) in [6.07, 6.45) is 15.8. The molecule has 33 heavy (non-hydrogen) atoms. The summed E-state index contributed by atoms with van der Waals surface area (Å²) in [5.41, 5.74) is 0. The van der Waals surface area contributed by atoms with Crippen molar-refractivity contribution in [3.8, 4) is 0 Å². The van der Waals surface area contributed by atoms with Gasteiger partial charge >= 0.3 is 0 Å². The second kappa shape index (κ2) is 12.5. The molecule has 0 radical (unpaired) electrons. The molecule has 0 bridgehead atoms. The third-order valence-electron chi connectivity index (χ3n) is 7.62. The molecule has 184 valence electrons. The van der Waals surface area contributed by atoms with E-state index < -0.39 is 0 Å². The van der Waals surface area contributed by atoms with Crippen molar-refractivity contribution < 1.29 is 4.79 Å². The number of hydrogen-bond donors (Lipinski definition) is 1. The van der Waals surface area contributed by atoms with Crippen molar-refractivity contribution in [3.05, 3.63) is 12.3 Å². The molecule has 3 aliphatic rings. The molecule has 3 saturated heterocycles. The summed E-state index contributed by atoms with van der Waals surface area (Å²) in [4.78, 5) is 29.2. The molecular weight excluding hydrogens is 412 g/mol. The van der Waals surface area contributed by atoms with E-state index in [1.807, 2.05) is 6.20 Å². The van der Waals surface area contributed by atoms with Crippen molar-refractivity contribution in [2.24, 2.45) is 0 Å². The first-order chi connectivity index (χ1) is 16.2. The molecule has 0 saturated carbocycles. The molecule has 7 heteroatoms. The van der Waals surface area contributed by atoms with Gasteiger partial charge in [-0.25, -0.2) is 4.98 Å². The van der Waals surface area contributed by atoms with Gasteiger partial charge in [0.1, 0.15) is 5.82 Å². The summed E-state index contributed by atoms with van der Waals surface area (Å²) in [5, 5.41) is 3.64. The lowest BCUT2D eigenvalue weighted by atomic mass is 9.98. The van der Waals surface area contributed by atoms with Crippen molar-refractivity contribution in [2.45, 2.75) is 96.1 Å². The van der Waals surface area contributed by atoms with Gasteiger partial charge in [0, 0.05) is 57.4 Å². The van der Waals surface area contributed by atoms with Gasteiger partial charge in [-0.1, -0.05) is 32.6 Å². The molecule has 0 spiro atoms. The van der Waals surface area contributed by atoms with Crippen LogP contribution in [0.1, 0.15) is 84.0 Å². The van der Waals surface area contributed by atoms with Crippen molar-refractivity contribution >= 4 is 17.7 Å². The number of aromatic nitrogens is 2. The standard InChI is InChI=1S/C26H44N6O/c1-2-3-6-13-25(33)32-19-10-12-23(21-32)31-18-9-11-22(20-31)28-26-27-15-14-24(29-26)30-16-7-4-5-8-17-30/h14-15,22-23H,2-13,16-21H2,1H3,(H,27,28,29). The first kappa shape index (κ1) is 24.2. The quantitative estimate of drug-likeness (QED) is 0.588. The van der Waals surface area contributed by atoms with Gasteiger partial charge in [-0.2, -0.15) is 4.98 Å². The van der Waals surface area contributed by atoms with Gasteiger partial charge in [-0.15, -0.1) is 0 Å². The fourth-order valence-corrected chi connectivity index (χ4v) is 5.70. The van der Waals surface area contributed by atoms with Crippen molar-refractivity contribution in [1.29, 1.82) is 0 Å². The van der Waals surface area contributed by atoms with Crippen molar-refractivity contribution in [3.63, 3.8) is 0 Å².